The molecule has 0 bridgehead atoms. The van der Waals surface area contributed by atoms with Gasteiger partial charge in [0.15, 0.2) is 0 Å². The first-order valence-corrected chi connectivity index (χ1v) is 7.20. The van der Waals surface area contributed by atoms with Gasteiger partial charge in [-0.2, -0.15) is 0 Å². The predicted octanol–water partition coefficient (Wildman–Crippen LogP) is 1.55. The van der Waals surface area contributed by atoms with Gasteiger partial charge in [0.25, 0.3) is 0 Å². The molecule has 3 atom stereocenters. The van der Waals surface area contributed by atoms with Crippen LogP contribution in [0.2, 0.25) is 0 Å². The molecule has 1 rings (SSSR count). The van der Waals surface area contributed by atoms with Crippen LogP contribution in [0, 0.1) is 11.8 Å². The average molecular weight is 286 g/mol. The zero-order chi connectivity index (χ0) is 15.3. The van der Waals surface area contributed by atoms with E-state index in [1.54, 1.807) is 4.90 Å². The molecular weight excluding hydrogens is 260 g/mol. The Morgan fingerprint density at radius 3 is 2.30 bits per heavy atom. The number of amides is 2. The molecule has 0 spiro atoms. The number of urea groups is 1. The number of rotatable bonds is 5. The zero-order valence-corrected chi connectivity index (χ0v) is 12.8. The van der Waals surface area contributed by atoms with Crippen LogP contribution >= 0.6 is 0 Å². The van der Waals surface area contributed by atoms with Crippen molar-refractivity contribution in [2.45, 2.75) is 46.3 Å². The van der Waals surface area contributed by atoms with Gasteiger partial charge in [-0.05, 0) is 26.2 Å². The lowest BCUT2D eigenvalue weighted by atomic mass is 9.97. The summed E-state index contributed by atoms with van der Waals surface area (Å²) < 4.78 is 5.57. The van der Waals surface area contributed by atoms with Gasteiger partial charge in [-0.25, -0.2) is 4.79 Å². The van der Waals surface area contributed by atoms with Crippen LogP contribution in [0.4, 0.5) is 4.79 Å². The van der Waals surface area contributed by atoms with Crippen molar-refractivity contribution in [3.63, 3.8) is 0 Å². The summed E-state index contributed by atoms with van der Waals surface area (Å²) in [6.45, 7) is 9.05. The number of aliphatic carboxylic acids is 1. The maximum Gasteiger partial charge on any atom is 0.317 e. The Kier molecular flexibility index (Phi) is 6.26. The van der Waals surface area contributed by atoms with Crippen molar-refractivity contribution in [3.05, 3.63) is 0 Å². The molecule has 0 aromatic heterocycles. The fourth-order valence-corrected chi connectivity index (χ4v) is 2.51. The Bertz CT molecular complexity index is 336. The van der Waals surface area contributed by atoms with Crippen molar-refractivity contribution >= 4 is 12.0 Å². The molecule has 20 heavy (non-hydrogen) atoms. The van der Waals surface area contributed by atoms with Gasteiger partial charge in [-0.3, -0.25) is 4.79 Å². The van der Waals surface area contributed by atoms with Crippen LogP contribution in [0.25, 0.3) is 0 Å². The van der Waals surface area contributed by atoms with Gasteiger partial charge in [0, 0.05) is 19.6 Å². The van der Waals surface area contributed by atoms with Gasteiger partial charge in [0.05, 0.1) is 18.1 Å². The summed E-state index contributed by atoms with van der Waals surface area (Å²) in [5, 5.41) is 11.9. The monoisotopic (exact) mass is 286 g/mol. The maximum atomic E-state index is 12.1. The Morgan fingerprint density at radius 1 is 1.30 bits per heavy atom. The lowest BCUT2D eigenvalue weighted by Gasteiger charge is -2.35. The predicted molar refractivity (Wildman–Crippen MR) is 75.6 cm³/mol. The van der Waals surface area contributed by atoms with Crippen LogP contribution in [-0.4, -0.2) is 53.8 Å². The number of carbonyl (C=O) groups excluding carboxylic acids is 1. The number of ether oxygens (including phenoxy) is 1. The van der Waals surface area contributed by atoms with Crippen molar-refractivity contribution in [2.75, 3.05) is 19.6 Å². The van der Waals surface area contributed by atoms with Crippen molar-refractivity contribution in [1.82, 2.24) is 10.2 Å². The molecule has 0 saturated carbocycles. The highest BCUT2D eigenvalue weighted by Crippen LogP contribution is 2.13. The SMILES string of the molecule is CC(C)CC(CNC(=O)N1CC(C)OC(C)C1)C(=O)O. The Labute approximate surface area is 120 Å². The number of nitrogens with one attached hydrogen (secondary N) is 1. The summed E-state index contributed by atoms with van der Waals surface area (Å²) in [6.07, 6.45) is 0.580. The first kappa shape index (κ1) is 16.8. The van der Waals surface area contributed by atoms with Crippen molar-refractivity contribution in [2.24, 2.45) is 11.8 Å². The van der Waals surface area contributed by atoms with E-state index in [0.29, 0.717) is 19.5 Å². The fourth-order valence-electron chi connectivity index (χ4n) is 2.51. The highest BCUT2D eigenvalue weighted by Gasteiger charge is 2.27. The number of hydrogen-bond acceptors (Lipinski definition) is 3. The van der Waals surface area contributed by atoms with Crippen molar-refractivity contribution in [3.8, 4) is 0 Å². The lowest BCUT2D eigenvalue weighted by molar-refractivity contribution is -0.142. The zero-order valence-electron chi connectivity index (χ0n) is 12.8. The number of nitrogens with zero attached hydrogens (tertiary/aromatic N) is 1. The third-order valence-corrected chi connectivity index (χ3v) is 3.31. The van der Waals surface area contributed by atoms with Gasteiger partial charge >= 0.3 is 12.0 Å². The molecule has 1 aliphatic rings. The number of carbonyl (C=O) groups is 2. The molecular formula is C14H26N2O4. The molecule has 0 aromatic rings. The van der Waals surface area contributed by atoms with Crippen LogP contribution in [0.5, 0.6) is 0 Å². The average Bonchev–Trinajstić information content (AvgIpc) is 2.32. The molecule has 3 unspecified atom stereocenters. The number of morpholine rings is 1. The lowest BCUT2D eigenvalue weighted by Crippen LogP contribution is -2.52. The number of hydrogen-bond donors (Lipinski definition) is 2. The van der Waals surface area contributed by atoms with E-state index in [4.69, 9.17) is 9.84 Å². The standard InChI is InChI=1S/C14H26N2O4/c1-9(2)5-12(13(17)18)6-15-14(19)16-7-10(3)20-11(4)8-16/h9-12H,5-8H2,1-4H3,(H,15,19)(H,17,18). The van der Waals surface area contributed by atoms with Crippen molar-refractivity contribution < 1.29 is 19.4 Å². The summed E-state index contributed by atoms with van der Waals surface area (Å²) in [4.78, 5) is 24.9. The van der Waals surface area contributed by atoms with Crippen LogP contribution < -0.4 is 5.32 Å². The second-order valence-electron chi connectivity index (χ2n) is 6.01. The van der Waals surface area contributed by atoms with Crippen LogP contribution in [0.1, 0.15) is 34.1 Å². The van der Waals surface area contributed by atoms with E-state index in [1.807, 2.05) is 27.7 Å². The van der Waals surface area contributed by atoms with Crippen LogP contribution in [0.15, 0.2) is 0 Å². The molecule has 1 saturated heterocycles. The molecule has 0 radical (unpaired) electrons. The summed E-state index contributed by atoms with van der Waals surface area (Å²) in [5.41, 5.74) is 0. The molecule has 2 amide bonds. The quantitative estimate of drug-likeness (QED) is 0.803. The van der Waals surface area contributed by atoms with E-state index in [0.717, 1.165) is 0 Å². The highest BCUT2D eigenvalue weighted by molar-refractivity contribution is 5.76. The summed E-state index contributed by atoms with van der Waals surface area (Å²) in [5.74, 6) is -1.10. The number of carboxylic acid groups (broad SMARTS) is 1. The van der Waals surface area contributed by atoms with E-state index in [-0.39, 0.29) is 30.7 Å². The third kappa shape index (κ3) is 5.36. The summed E-state index contributed by atoms with van der Waals surface area (Å²) >= 11 is 0. The largest absolute Gasteiger partial charge is 0.481 e. The second-order valence-corrected chi connectivity index (χ2v) is 6.01. The van der Waals surface area contributed by atoms with E-state index in [1.165, 1.54) is 0 Å². The minimum Gasteiger partial charge on any atom is -0.481 e. The molecule has 1 heterocycles. The Balaban J connectivity index is 2.46. The van der Waals surface area contributed by atoms with Gasteiger partial charge in [0.2, 0.25) is 0 Å². The smallest absolute Gasteiger partial charge is 0.317 e. The Hall–Kier alpha value is -1.30. The first-order chi connectivity index (χ1) is 9.29. The van der Waals surface area contributed by atoms with E-state index < -0.39 is 11.9 Å². The Morgan fingerprint density at radius 2 is 1.85 bits per heavy atom. The van der Waals surface area contributed by atoms with Gasteiger partial charge < -0.3 is 20.1 Å². The molecule has 1 fully saturated rings. The fraction of sp³-hybridized carbons (Fsp3) is 0.857. The van der Waals surface area contributed by atoms with Crippen LogP contribution in [0.3, 0.4) is 0 Å². The molecule has 6 heteroatoms. The minimum absolute atomic E-state index is 0.00966. The first-order valence-electron chi connectivity index (χ1n) is 7.20. The van der Waals surface area contributed by atoms with E-state index in [9.17, 15) is 9.59 Å². The van der Waals surface area contributed by atoms with E-state index in [2.05, 4.69) is 5.32 Å². The molecule has 0 aliphatic carbocycles. The maximum absolute atomic E-state index is 12.1. The summed E-state index contributed by atoms with van der Waals surface area (Å²) in [7, 11) is 0. The number of carboxylic acids is 1. The van der Waals surface area contributed by atoms with Gasteiger partial charge in [-0.1, -0.05) is 13.8 Å². The van der Waals surface area contributed by atoms with Crippen molar-refractivity contribution in [1.29, 1.82) is 0 Å². The van der Waals surface area contributed by atoms with Gasteiger partial charge in [0.1, 0.15) is 0 Å². The molecule has 116 valence electrons. The van der Waals surface area contributed by atoms with Gasteiger partial charge in [-0.15, -0.1) is 0 Å². The molecule has 2 N–H and O–H groups in total. The summed E-state index contributed by atoms with van der Waals surface area (Å²) in [6, 6.07) is -0.206. The molecule has 6 nitrogen and oxygen atoms in total. The normalized spacial score (nSPS) is 24.6. The van der Waals surface area contributed by atoms with E-state index >= 15 is 0 Å². The highest BCUT2D eigenvalue weighted by atomic mass is 16.5. The topological polar surface area (TPSA) is 78.9 Å². The third-order valence-electron chi connectivity index (χ3n) is 3.31. The minimum atomic E-state index is -0.859. The second kappa shape index (κ2) is 7.47. The van der Waals surface area contributed by atoms with Crippen LogP contribution in [-0.2, 0) is 9.53 Å². The molecule has 1 aliphatic heterocycles. The molecule has 0 aromatic carbocycles.